The maximum atomic E-state index is 12.5. The Labute approximate surface area is 147 Å². The van der Waals surface area contributed by atoms with Crippen LogP contribution in [0.1, 0.15) is 80.1 Å². The zero-order valence-electron chi connectivity index (χ0n) is 16.4. The van der Waals surface area contributed by atoms with E-state index >= 15 is 0 Å². The predicted octanol–water partition coefficient (Wildman–Crippen LogP) is 4.72. The van der Waals surface area contributed by atoms with Crippen LogP contribution in [0.25, 0.3) is 0 Å². The Kier molecular flexibility index (Phi) is 7.85. The molecule has 0 saturated heterocycles. The highest BCUT2D eigenvalue weighted by Crippen LogP contribution is 2.49. The molecule has 0 amide bonds. The summed E-state index contributed by atoms with van der Waals surface area (Å²) in [6.45, 7) is 12.3. The van der Waals surface area contributed by atoms with Crippen molar-refractivity contribution in [3.05, 3.63) is 11.6 Å². The van der Waals surface area contributed by atoms with Gasteiger partial charge in [-0.15, -0.1) is 0 Å². The number of hydrogen-bond acceptors (Lipinski definition) is 3. The Morgan fingerprint density at radius 1 is 1.33 bits per heavy atom. The number of aliphatic hydroxyl groups is 1. The molecule has 0 aliphatic heterocycles. The van der Waals surface area contributed by atoms with Gasteiger partial charge in [-0.1, -0.05) is 40.2 Å². The molecule has 5 atom stereocenters. The van der Waals surface area contributed by atoms with Gasteiger partial charge in [0.1, 0.15) is 5.78 Å². The summed E-state index contributed by atoms with van der Waals surface area (Å²) in [5, 5.41) is 10.5. The SMILES string of the molecule is CCCC(=O)/C=C(\C)CCC1[C@H](C)C(=O)CC(C)([C@@H](O)CC)[C@H]1C. The molecule has 1 aliphatic rings. The Bertz CT molecular complexity index is 479. The topological polar surface area (TPSA) is 54.4 Å². The van der Waals surface area contributed by atoms with E-state index in [4.69, 9.17) is 0 Å². The fraction of sp³-hybridized carbons (Fsp3) is 0.810. The van der Waals surface area contributed by atoms with E-state index in [2.05, 4.69) is 13.8 Å². The van der Waals surface area contributed by atoms with Gasteiger partial charge < -0.3 is 5.11 Å². The summed E-state index contributed by atoms with van der Waals surface area (Å²) in [5.41, 5.74) is 0.766. The van der Waals surface area contributed by atoms with Crippen LogP contribution in [0.15, 0.2) is 11.6 Å². The third-order valence-electron chi connectivity index (χ3n) is 6.31. The van der Waals surface area contributed by atoms with Crippen LogP contribution < -0.4 is 0 Å². The number of carbonyl (C=O) groups is 2. The zero-order valence-corrected chi connectivity index (χ0v) is 16.4. The minimum absolute atomic E-state index is 0.0382. The van der Waals surface area contributed by atoms with Crippen LogP contribution in [0.4, 0.5) is 0 Å². The molecule has 0 radical (unpaired) electrons. The molecular formula is C21H36O3. The standard InChI is InChI=1S/C21H36O3/c1-7-9-17(22)12-14(3)10-11-18-15(4)19(23)13-21(6,16(18)5)20(24)8-2/h12,15-16,18,20,24H,7-11,13H2,1-6H3/b14-12+/t15-,16-,18?,20-,21?/m0/s1. The van der Waals surface area contributed by atoms with Crippen LogP contribution in [0.5, 0.6) is 0 Å². The molecule has 0 spiro atoms. The van der Waals surface area contributed by atoms with Crippen molar-refractivity contribution in [2.45, 2.75) is 86.2 Å². The van der Waals surface area contributed by atoms with Crippen molar-refractivity contribution in [2.24, 2.45) is 23.2 Å². The van der Waals surface area contributed by atoms with Crippen molar-refractivity contribution in [1.29, 1.82) is 0 Å². The van der Waals surface area contributed by atoms with Gasteiger partial charge in [0.25, 0.3) is 0 Å². The Balaban J connectivity index is 2.84. The number of aliphatic hydroxyl groups excluding tert-OH is 1. The molecular weight excluding hydrogens is 300 g/mol. The summed E-state index contributed by atoms with van der Waals surface area (Å²) in [6.07, 6.45) is 5.72. The first-order valence-electron chi connectivity index (χ1n) is 9.58. The van der Waals surface area contributed by atoms with Crippen LogP contribution in [0.3, 0.4) is 0 Å². The van der Waals surface area contributed by atoms with Gasteiger partial charge in [0.15, 0.2) is 5.78 Å². The molecule has 3 nitrogen and oxygen atoms in total. The molecule has 0 bridgehead atoms. The van der Waals surface area contributed by atoms with E-state index in [9.17, 15) is 14.7 Å². The van der Waals surface area contributed by atoms with Gasteiger partial charge in [-0.3, -0.25) is 9.59 Å². The highest BCUT2D eigenvalue weighted by molar-refractivity contribution is 5.90. The molecule has 1 aliphatic carbocycles. The van der Waals surface area contributed by atoms with Gasteiger partial charge in [0, 0.05) is 24.2 Å². The summed E-state index contributed by atoms with van der Waals surface area (Å²) in [6, 6.07) is 0. The van der Waals surface area contributed by atoms with Gasteiger partial charge in [0.05, 0.1) is 6.10 Å². The molecule has 0 aromatic carbocycles. The Morgan fingerprint density at radius 2 is 1.96 bits per heavy atom. The molecule has 1 fully saturated rings. The van der Waals surface area contributed by atoms with Crippen LogP contribution in [-0.2, 0) is 9.59 Å². The van der Waals surface area contributed by atoms with Gasteiger partial charge in [-0.2, -0.15) is 0 Å². The van der Waals surface area contributed by atoms with Crippen molar-refractivity contribution >= 4 is 11.6 Å². The van der Waals surface area contributed by atoms with Crippen molar-refractivity contribution in [2.75, 3.05) is 0 Å². The first kappa shape index (κ1) is 21.1. The molecule has 3 heteroatoms. The Hall–Kier alpha value is -0.960. The summed E-state index contributed by atoms with van der Waals surface area (Å²) in [7, 11) is 0. The molecule has 1 N–H and O–H groups in total. The average Bonchev–Trinajstić information content (AvgIpc) is 2.52. The number of rotatable bonds is 8. The molecule has 0 heterocycles. The monoisotopic (exact) mass is 336 g/mol. The summed E-state index contributed by atoms with van der Waals surface area (Å²) < 4.78 is 0. The number of ketones is 2. The van der Waals surface area contributed by atoms with Gasteiger partial charge in [-0.05, 0) is 50.5 Å². The van der Waals surface area contributed by atoms with Crippen LogP contribution >= 0.6 is 0 Å². The van der Waals surface area contributed by atoms with Gasteiger partial charge in [0.2, 0.25) is 0 Å². The van der Waals surface area contributed by atoms with E-state index in [1.165, 1.54) is 0 Å². The average molecular weight is 337 g/mol. The van der Waals surface area contributed by atoms with E-state index in [-0.39, 0.29) is 28.8 Å². The van der Waals surface area contributed by atoms with Crippen molar-refractivity contribution in [3.63, 3.8) is 0 Å². The lowest BCUT2D eigenvalue weighted by Gasteiger charge is -2.49. The predicted molar refractivity (Wildman–Crippen MR) is 98.8 cm³/mol. The minimum atomic E-state index is -0.436. The summed E-state index contributed by atoms with van der Waals surface area (Å²) in [5.74, 6) is 1.07. The molecule has 0 aromatic rings. The molecule has 2 unspecified atom stereocenters. The molecule has 1 rings (SSSR count). The lowest BCUT2D eigenvalue weighted by molar-refractivity contribution is -0.142. The largest absolute Gasteiger partial charge is 0.393 e. The fourth-order valence-corrected chi connectivity index (χ4v) is 4.31. The second-order valence-corrected chi connectivity index (χ2v) is 8.06. The van der Waals surface area contributed by atoms with Crippen LogP contribution in [-0.4, -0.2) is 22.8 Å². The second-order valence-electron chi connectivity index (χ2n) is 8.06. The lowest BCUT2D eigenvalue weighted by Crippen LogP contribution is -2.50. The van der Waals surface area contributed by atoms with E-state index < -0.39 is 6.10 Å². The minimum Gasteiger partial charge on any atom is -0.393 e. The zero-order chi connectivity index (χ0) is 18.5. The van der Waals surface area contributed by atoms with Crippen molar-refractivity contribution in [1.82, 2.24) is 0 Å². The number of Topliss-reactive ketones (excluding diaryl/α,β-unsaturated/α-hetero) is 1. The van der Waals surface area contributed by atoms with Crippen LogP contribution in [0, 0.1) is 23.2 Å². The maximum Gasteiger partial charge on any atom is 0.155 e. The third kappa shape index (κ3) is 4.78. The molecule has 1 saturated carbocycles. The molecule has 24 heavy (non-hydrogen) atoms. The fourth-order valence-electron chi connectivity index (χ4n) is 4.31. The highest BCUT2D eigenvalue weighted by Gasteiger charge is 2.49. The third-order valence-corrected chi connectivity index (χ3v) is 6.31. The highest BCUT2D eigenvalue weighted by atomic mass is 16.3. The first-order chi connectivity index (χ1) is 11.2. The number of allylic oxidation sites excluding steroid dienone is 2. The van der Waals surface area contributed by atoms with Crippen molar-refractivity contribution < 1.29 is 14.7 Å². The van der Waals surface area contributed by atoms with E-state index in [0.29, 0.717) is 25.2 Å². The van der Waals surface area contributed by atoms with E-state index in [1.807, 2.05) is 27.7 Å². The second kappa shape index (κ2) is 8.94. The molecule has 138 valence electrons. The smallest absolute Gasteiger partial charge is 0.155 e. The van der Waals surface area contributed by atoms with Gasteiger partial charge in [-0.25, -0.2) is 0 Å². The van der Waals surface area contributed by atoms with E-state index in [0.717, 1.165) is 24.8 Å². The van der Waals surface area contributed by atoms with Gasteiger partial charge >= 0.3 is 0 Å². The number of carbonyl (C=O) groups excluding carboxylic acids is 2. The maximum absolute atomic E-state index is 12.5. The van der Waals surface area contributed by atoms with Crippen LogP contribution in [0.2, 0.25) is 0 Å². The van der Waals surface area contributed by atoms with E-state index in [1.54, 1.807) is 6.08 Å². The first-order valence-corrected chi connectivity index (χ1v) is 9.58. The summed E-state index contributed by atoms with van der Waals surface area (Å²) in [4.78, 5) is 24.3. The lowest BCUT2D eigenvalue weighted by atomic mass is 9.56. The summed E-state index contributed by atoms with van der Waals surface area (Å²) >= 11 is 0. The molecule has 0 aromatic heterocycles. The normalized spacial score (nSPS) is 32.7. The van der Waals surface area contributed by atoms with Crippen molar-refractivity contribution in [3.8, 4) is 0 Å². The number of hydrogen-bond donors (Lipinski definition) is 1. The Morgan fingerprint density at radius 3 is 2.50 bits per heavy atom. The quantitative estimate of drug-likeness (QED) is 0.652.